The molecule has 1 saturated heterocycles. The second-order valence-electron chi connectivity index (χ2n) is 5.97. The van der Waals surface area contributed by atoms with E-state index < -0.39 is 15.6 Å². The van der Waals surface area contributed by atoms with E-state index >= 15 is 0 Å². The third kappa shape index (κ3) is 3.08. The minimum atomic E-state index is -3.94. The smallest absolute Gasteiger partial charge is 0.363 e. The zero-order chi connectivity index (χ0) is 18.3. The number of benzene rings is 1. The summed E-state index contributed by atoms with van der Waals surface area (Å²) in [5, 5.41) is 0.705. The van der Waals surface area contributed by atoms with Crippen LogP contribution in [0, 0.1) is 0 Å². The average molecular weight is 411 g/mol. The highest BCUT2D eigenvalue weighted by atomic mass is 35.5. The van der Waals surface area contributed by atoms with E-state index in [0.717, 1.165) is 37.3 Å². The fourth-order valence-corrected chi connectivity index (χ4v) is 5.66. The predicted molar refractivity (Wildman–Crippen MR) is 104 cm³/mol. The maximum absolute atomic E-state index is 12.7. The van der Waals surface area contributed by atoms with Gasteiger partial charge >= 0.3 is 5.63 Å². The van der Waals surface area contributed by atoms with Crippen LogP contribution in [0.15, 0.2) is 49.8 Å². The van der Waals surface area contributed by atoms with Gasteiger partial charge in [0.05, 0.1) is 10.0 Å². The number of anilines is 2. The fraction of sp³-hybridized carbons (Fsp3) is 0.235. The molecule has 1 aliphatic heterocycles. The molecule has 1 fully saturated rings. The molecule has 1 N–H and O–H groups in total. The van der Waals surface area contributed by atoms with Crippen LogP contribution >= 0.6 is 22.9 Å². The van der Waals surface area contributed by atoms with Crippen molar-refractivity contribution in [3.63, 3.8) is 0 Å². The van der Waals surface area contributed by atoms with Crippen LogP contribution in [0.2, 0.25) is 4.34 Å². The van der Waals surface area contributed by atoms with Crippen molar-refractivity contribution in [3.05, 3.63) is 51.2 Å². The van der Waals surface area contributed by atoms with Crippen LogP contribution in [0.4, 0.5) is 11.4 Å². The second kappa shape index (κ2) is 6.61. The van der Waals surface area contributed by atoms with Gasteiger partial charge in [0.25, 0.3) is 10.0 Å². The predicted octanol–water partition coefficient (Wildman–Crippen LogP) is 3.91. The Morgan fingerprint density at radius 2 is 1.85 bits per heavy atom. The summed E-state index contributed by atoms with van der Waals surface area (Å²) in [5.74, 6) is 0. The highest BCUT2D eigenvalue weighted by molar-refractivity contribution is 7.94. The summed E-state index contributed by atoms with van der Waals surface area (Å²) in [6.45, 7) is 1.51. The maximum atomic E-state index is 12.7. The minimum Gasteiger partial charge on any atom is -0.421 e. The molecule has 0 atom stereocenters. The lowest BCUT2D eigenvalue weighted by Gasteiger charge is -2.22. The first-order valence-electron chi connectivity index (χ1n) is 8.05. The molecular formula is C17H15ClN2O4S2. The van der Waals surface area contributed by atoms with Crippen molar-refractivity contribution in [2.75, 3.05) is 22.7 Å². The fourth-order valence-electron chi connectivity index (χ4n) is 3.12. The van der Waals surface area contributed by atoms with Gasteiger partial charge in [0.15, 0.2) is 5.69 Å². The summed E-state index contributed by atoms with van der Waals surface area (Å²) in [6, 6.07) is 10.0. The first kappa shape index (κ1) is 17.4. The molecule has 136 valence electrons. The van der Waals surface area contributed by atoms with Crippen molar-refractivity contribution in [3.8, 4) is 0 Å². The molecule has 0 radical (unpaired) electrons. The number of nitrogens with zero attached hydrogens (tertiary/aromatic N) is 1. The summed E-state index contributed by atoms with van der Waals surface area (Å²) >= 11 is 6.78. The first-order chi connectivity index (χ1) is 12.5. The number of halogens is 1. The minimum absolute atomic E-state index is 0.0439. The largest absolute Gasteiger partial charge is 0.421 e. The van der Waals surface area contributed by atoms with Crippen molar-refractivity contribution >= 4 is 55.3 Å². The lowest BCUT2D eigenvalue weighted by Crippen LogP contribution is -2.25. The standard InChI is InChI=1S/C17H15ClN2O4S2/c18-13-7-8-14(25-13)26(22,23)19-15-16(20-9-3-4-10-20)11-5-1-2-6-12(11)24-17(15)21/h1-2,5-8,19H,3-4,9-10H2. The van der Waals surface area contributed by atoms with E-state index in [9.17, 15) is 13.2 Å². The van der Waals surface area contributed by atoms with Crippen LogP contribution in [-0.2, 0) is 10.0 Å². The van der Waals surface area contributed by atoms with Gasteiger partial charge in [0.2, 0.25) is 0 Å². The van der Waals surface area contributed by atoms with E-state index in [4.69, 9.17) is 16.0 Å². The number of sulfonamides is 1. The Bertz CT molecular complexity index is 1130. The molecule has 0 amide bonds. The van der Waals surface area contributed by atoms with Crippen molar-refractivity contribution in [1.29, 1.82) is 0 Å². The highest BCUT2D eigenvalue weighted by Gasteiger charge is 2.27. The molecule has 3 heterocycles. The molecular weight excluding hydrogens is 396 g/mol. The topological polar surface area (TPSA) is 79.6 Å². The van der Waals surface area contributed by atoms with Crippen LogP contribution in [0.1, 0.15) is 12.8 Å². The Balaban J connectivity index is 1.90. The zero-order valence-corrected chi connectivity index (χ0v) is 16.0. The van der Waals surface area contributed by atoms with Gasteiger partial charge in [-0.15, -0.1) is 11.3 Å². The molecule has 4 rings (SSSR count). The Kier molecular flexibility index (Phi) is 4.42. The number of hydrogen-bond acceptors (Lipinski definition) is 6. The highest BCUT2D eigenvalue weighted by Crippen LogP contribution is 2.36. The van der Waals surface area contributed by atoms with Crippen molar-refractivity contribution < 1.29 is 12.8 Å². The van der Waals surface area contributed by atoms with Gasteiger partial charge < -0.3 is 9.32 Å². The number of thiophene rings is 1. The number of fused-ring (bicyclic) bond motifs is 1. The van der Waals surface area contributed by atoms with E-state index in [1.54, 1.807) is 12.1 Å². The quantitative estimate of drug-likeness (QED) is 0.659. The number of para-hydroxylation sites is 1. The number of rotatable bonds is 4. The second-order valence-corrected chi connectivity index (χ2v) is 9.59. The molecule has 0 unspecified atom stereocenters. The number of hydrogen-bond donors (Lipinski definition) is 1. The normalized spacial score (nSPS) is 14.9. The molecule has 0 bridgehead atoms. The Morgan fingerprint density at radius 3 is 2.54 bits per heavy atom. The third-order valence-corrected chi connectivity index (χ3v) is 7.33. The van der Waals surface area contributed by atoms with Gasteiger partial charge in [-0.2, -0.15) is 0 Å². The monoisotopic (exact) mass is 410 g/mol. The summed E-state index contributed by atoms with van der Waals surface area (Å²) < 4.78 is 33.6. The van der Waals surface area contributed by atoms with Crippen molar-refractivity contribution in [2.24, 2.45) is 0 Å². The third-order valence-electron chi connectivity index (χ3n) is 4.26. The molecule has 26 heavy (non-hydrogen) atoms. The maximum Gasteiger partial charge on any atom is 0.363 e. The van der Waals surface area contributed by atoms with Gasteiger partial charge in [-0.3, -0.25) is 4.72 Å². The lowest BCUT2D eigenvalue weighted by atomic mass is 10.1. The lowest BCUT2D eigenvalue weighted by molar-refractivity contribution is 0.562. The molecule has 9 heteroatoms. The van der Waals surface area contributed by atoms with Gasteiger partial charge in [-0.25, -0.2) is 13.2 Å². The van der Waals surface area contributed by atoms with Crippen LogP contribution in [-0.4, -0.2) is 21.5 Å². The average Bonchev–Trinajstić information content (AvgIpc) is 3.27. The Hall–Kier alpha value is -2.03. The van der Waals surface area contributed by atoms with Crippen molar-refractivity contribution in [2.45, 2.75) is 17.1 Å². The molecule has 0 saturated carbocycles. The van der Waals surface area contributed by atoms with E-state index in [2.05, 4.69) is 4.72 Å². The molecule has 1 aliphatic rings. The van der Waals surface area contributed by atoms with Gasteiger partial charge in [0, 0.05) is 18.5 Å². The molecule has 0 aliphatic carbocycles. The van der Waals surface area contributed by atoms with Crippen LogP contribution in [0.3, 0.4) is 0 Å². The molecule has 2 aromatic heterocycles. The zero-order valence-electron chi connectivity index (χ0n) is 13.6. The summed E-state index contributed by atoms with van der Waals surface area (Å²) in [4.78, 5) is 14.6. The van der Waals surface area contributed by atoms with E-state index in [1.165, 1.54) is 12.1 Å². The summed E-state index contributed by atoms with van der Waals surface area (Å²) in [5.41, 5.74) is 0.231. The van der Waals surface area contributed by atoms with Gasteiger partial charge in [-0.1, -0.05) is 23.7 Å². The summed E-state index contributed by atoms with van der Waals surface area (Å²) in [7, 11) is -3.94. The Labute approximate surface area is 159 Å². The van der Waals surface area contributed by atoms with E-state index in [-0.39, 0.29) is 9.90 Å². The molecule has 6 nitrogen and oxygen atoms in total. The van der Waals surface area contributed by atoms with E-state index in [1.807, 2.05) is 17.0 Å². The van der Waals surface area contributed by atoms with Crippen LogP contribution < -0.4 is 15.2 Å². The molecule has 3 aromatic rings. The summed E-state index contributed by atoms with van der Waals surface area (Å²) in [6.07, 6.45) is 1.97. The SMILES string of the molecule is O=c1oc2ccccc2c(N2CCCC2)c1NS(=O)(=O)c1ccc(Cl)s1. The first-order valence-corrected chi connectivity index (χ1v) is 10.7. The van der Waals surface area contributed by atoms with Gasteiger partial charge in [-0.05, 0) is 37.1 Å². The van der Waals surface area contributed by atoms with Crippen molar-refractivity contribution in [1.82, 2.24) is 0 Å². The Morgan fingerprint density at radius 1 is 1.12 bits per heavy atom. The molecule has 1 aromatic carbocycles. The number of nitrogens with one attached hydrogen (secondary N) is 1. The molecule has 0 spiro atoms. The van der Waals surface area contributed by atoms with Crippen LogP contribution in [0.25, 0.3) is 11.0 Å². The van der Waals surface area contributed by atoms with Gasteiger partial charge in [0.1, 0.15) is 9.79 Å². The van der Waals surface area contributed by atoms with Crippen LogP contribution in [0.5, 0.6) is 0 Å². The van der Waals surface area contributed by atoms with E-state index in [0.29, 0.717) is 21.0 Å².